The summed E-state index contributed by atoms with van der Waals surface area (Å²) in [4.78, 5) is 11.8. The molecule has 0 radical (unpaired) electrons. The maximum absolute atomic E-state index is 11.8. The first kappa shape index (κ1) is 14.2. The van der Waals surface area contributed by atoms with Crippen LogP contribution in [0, 0.1) is 0 Å². The Morgan fingerprint density at radius 1 is 1.29 bits per heavy atom. The number of ketones is 1. The summed E-state index contributed by atoms with van der Waals surface area (Å²) < 4.78 is 0. The first-order valence-electron chi connectivity index (χ1n) is 6.13. The first-order valence-corrected chi connectivity index (χ1v) is 6.51. The summed E-state index contributed by atoms with van der Waals surface area (Å²) in [7, 11) is 0. The van der Waals surface area contributed by atoms with E-state index in [1.54, 1.807) is 6.92 Å². The van der Waals surface area contributed by atoms with Gasteiger partial charge in [0.1, 0.15) is 5.78 Å². The molecule has 1 unspecified atom stereocenters. The summed E-state index contributed by atoms with van der Waals surface area (Å²) >= 11 is 5.84. The minimum absolute atomic E-state index is 0.231. The molecule has 94 valence electrons. The van der Waals surface area contributed by atoms with Crippen LogP contribution in [-0.4, -0.2) is 18.9 Å². The number of rotatable bonds is 2. The molecule has 1 aromatic carbocycles. The van der Waals surface area contributed by atoms with Crippen molar-refractivity contribution >= 4 is 17.4 Å². The Balaban J connectivity index is 0.000000686. The predicted molar refractivity (Wildman–Crippen MR) is 72.6 cm³/mol. The number of hydrogen-bond donors (Lipinski definition) is 1. The van der Waals surface area contributed by atoms with Gasteiger partial charge in [0.2, 0.25) is 0 Å². The van der Waals surface area contributed by atoms with Gasteiger partial charge < -0.3 is 5.32 Å². The molecule has 1 N–H and O–H groups in total. The predicted octanol–water partition coefficient (Wildman–Crippen LogP) is 3.19. The molecule has 3 heteroatoms. The normalized spacial score (nSPS) is 22.8. The van der Waals surface area contributed by atoms with Crippen molar-refractivity contribution in [3.05, 3.63) is 34.9 Å². The topological polar surface area (TPSA) is 29.1 Å². The smallest absolute Gasteiger partial charge is 0.141 e. The molecule has 2 nitrogen and oxygen atoms in total. The summed E-state index contributed by atoms with van der Waals surface area (Å²) in [6.45, 7) is 7.31. The molecule has 0 saturated carbocycles. The Morgan fingerprint density at radius 2 is 1.88 bits per heavy atom. The molecule has 1 fully saturated rings. The van der Waals surface area contributed by atoms with Crippen LogP contribution in [0.15, 0.2) is 24.3 Å². The summed E-state index contributed by atoms with van der Waals surface area (Å²) in [5, 5.41) is 3.97. The van der Waals surface area contributed by atoms with E-state index in [9.17, 15) is 4.79 Å². The maximum Gasteiger partial charge on any atom is 0.141 e. The van der Waals surface area contributed by atoms with Gasteiger partial charge in [-0.2, -0.15) is 0 Å². The minimum Gasteiger partial charge on any atom is -0.315 e. The van der Waals surface area contributed by atoms with Gasteiger partial charge in [0.05, 0.1) is 5.41 Å². The third-order valence-electron chi connectivity index (χ3n) is 3.23. The standard InChI is InChI=1S/C12H14ClNO.C2H6/c1-9(15)12(6-7-14-8-12)10-2-4-11(13)5-3-10;1-2/h2-5,14H,6-8H2,1H3;1-2H3. The molecule has 1 heterocycles. The SMILES string of the molecule is CC.CC(=O)C1(c2ccc(Cl)cc2)CCNC1. The van der Waals surface area contributed by atoms with Gasteiger partial charge in [0, 0.05) is 11.6 Å². The number of carbonyl (C=O) groups excluding carboxylic acids is 1. The fraction of sp³-hybridized carbons (Fsp3) is 0.500. The van der Waals surface area contributed by atoms with E-state index in [1.807, 2.05) is 38.1 Å². The van der Waals surface area contributed by atoms with Crippen LogP contribution < -0.4 is 5.32 Å². The molecule has 0 bridgehead atoms. The zero-order valence-electron chi connectivity index (χ0n) is 10.7. The van der Waals surface area contributed by atoms with Crippen LogP contribution in [0.2, 0.25) is 5.02 Å². The summed E-state index contributed by atoms with van der Waals surface area (Å²) in [5.74, 6) is 0.231. The zero-order chi connectivity index (χ0) is 12.9. The van der Waals surface area contributed by atoms with Crippen molar-refractivity contribution in [2.24, 2.45) is 0 Å². The second-order valence-electron chi connectivity index (χ2n) is 4.07. The van der Waals surface area contributed by atoms with Crippen LogP contribution in [0.3, 0.4) is 0 Å². The monoisotopic (exact) mass is 253 g/mol. The van der Waals surface area contributed by atoms with Crippen molar-refractivity contribution in [3.63, 3.8) is 0 Å². The molecule has 0 spiro atoms. The van der Waals surface area contributed by atoms with Gasteiger partial charge in [0.25, 0.3) is 0 Å². The van der Waals surface area contributed by atoms with Crippen LogP contribution in [0.1, 0.15) is 32.8 Å². The molecule has 2 rings (SSSR count). The molecular formula is C14H20ClNO. The van der Waals surface area contributed by atoms with Gasteiger partial charge in [-0.25, -0.2) is 0 Å². The minimum atomic E-state index is -0.329. The quantitative estimate of drug-likeness (QED) is 0.877. The Bertz CT molecular complexity index is 366. The zero-order valence-corrected chi connectivity index (χ0v) is 11.5. The van der Waals surface area contributed by atoms with Gasteiger partial charge >= 0.3 is 0 Å². The lowest BCUT2D eigenvalue weighted by molar-refractivity contribution is -0.121. The Hall–Kier alpha value is -0.860. The molecule has 17 heavy (non-hydrogen) atoms. The maximum atomic E-state index is 11.8. The second-order valence-corrected chi connectivity index (χ2v) is 4.51. The lowest BCUT2D eigenvalue weighted by Gasteiger charge is -2.25. The first-order chi connectivity index (χ1) is 8.15. The van der Waals surface area contributed by atoms with E-state index in [-0.39, 0.29) is 11.2 Å². The Labute approximate surface area is 108 Å². The molecule has 1 aliphatic rings. The third-order valence-corrected chi connectivity index (χ3v) is 3.48. The molecule has 1 saturated heterocycles. The molecule has 1 aromatic rings. The van der Waals surface area contributed by atoms with E-state index < -0.39 is 0 Å². The highest BCUT2D eigenvalue weighted by molar-refractivity contribution is 6.30. The number of hydrogen-bond acceptors (Lipinski definition) is 2. The van der Waals surface area contributed by atoms with Crippen molar-refractivity contribution < 1.29 is 4.79 Å². The van der Waals surface area contributed by atoms with Crippen molar-refractivity contribution in [3.8, 4) is 0 Å². The van der Waals surface area contributed by atoms with Crippen molar-refractivity contribution in [2.45, 2.75) is 32.6 Å². The van der Waals surface area contributed by atoms with E-state index >= 15 is 0 Å². The molecule has 1 aliphatic heterocycles. The summed E-state index contributed by atoms with van der Waals surface area (Å²) in [6.07, 6.45) is 0.879. The fourth-order valence-corrected chi connectivity index (χ4v) is 2.34. The highest BCUT2D eigenvalue weighted by Crippen LogP contribution is 2.32. The van der Waals surface area contributed by atoms with Crippen LogP contribution in [0.25, 0.3) is 0 Å². The molecule has 0 aromatic heterocycles. The van der Waals surface area contributed by atoms with Gasteiger partial charge in [-0.3, -0.25) is 4.79 Å². The van der Waals surface area contributed by atoms with Crippen molar-refractivity contribution in [2.75, 3.05) is 13.1 Å². The largest absolute Gasteiger partial charge is 0.315 e. The van der Waals surface area contributed by atoms with Crippen LogP contribution in [0.5, 0.6) is 0 Å². The van der Waals surface area contributed by atoms with Crippen molar-refractivity contribution in [1.82, 2.24) is 5.32 Å². The van der Waals surface area contributed by atoms with E-state index in [0.717, 1.165) is 25.1 Å². The number of nitrogens with one attached hydrogen (secondary N) is 1. The molecular weight excluding hydrogens is 234 g/mol. The van der Waals surface area contributed by atoms with Gasteiger partial charge in [0.15, 0.2) is 0 Å². The lowest BCUT2D eigenvalue weighted by Crippen LogP contribution is -2.36. The van der Waals surface area contributed by atoms with E-state index in [1.165, 1.54) is 0 Å². The number of halogens is 1. The van der Waals surface area contributed by atoms with Crippen LogP contribution >= 0.6 is 11.6 Å². The third kappa shape index (κ3) is 2.88. The molecule has 0 aliphatic carbocycles. The molecule has 0 amide bonds. The molecule has 1 atom stereocenters. The Morgan fingerprint density at radius 3 is 2.29 bits per heavy atom. The van der Waals surface area contributed by atoms with Gasteiger partial charge in [-0.1, -0.05) is 37.6 Å². The van der Waals surface area contributed by atoms with Crippen molar-refractivity contribution in [1.29, 1.82) is 0 Å². The average Bonchev–Trinajstić information content (AvgIpc) is 2.83. The van der Waals surface area contributed by atoms with E-state index in [2.05, 4.69) is 5.32 Å². The van der Waals surface area contributed by atoms with Gasteiger partial charge in [-0.15, -0.1) is 0 Å². The number of benzene rings is 1. The average molecular weight is 254 g/mol. The lowest BCUT2D eigenvalue weighted by atomic mass is 9.76. The fourth-order valence-electron chi connectivity index (χ4n) is 2.21. The highest BCUT2D eigenvalue weighted by Gasteiger charge is 2.39. The second kappa shape index (κ2) is 6.18. The summed E-state index contributed by atoms with van der Waals surface area (Å²) in [5.41, 5.74) is 0.745. The van der Waals surface area contributed by atoms with Crippen LogP contribution in [0.4, 0.5) is 0 Å². The van der Waals surface area contributed by atoms with E-state index in [0.29, 0.717) is 5.02 Å². The number of Topliss-reactive ketones (excluding diaryl/α,β-unsaturated/α-hetero) is 1. The van der Waals surface area contributed by atoms with E-state index in [4.69, 9.17) is 11.6 Å². The highest BCUT2D eigenvalue weighted by atomic mass is 35.5. The summed E-state index contributed by atoms with van der Waals surface area (Å²) in [6, 6.07) is 7.60. The number of carbonyl (C=O) groups is 1. The Kier molecular flexibility index (Phi) is 5.16. The van der Waals surface area contributed by atoms with Gasteiger partial charge in [-0.05, 0) is 37.6 Å². The van der Waals surface area contributed by atoms with Crippen LogP contribution in [-0.2, 0) is 10.2 Å².